The van der Waals surface area contributed by atoms with Gasteiger partial charge in [0.25, 0.3) is 0 Å². The zero-order valence-electron chi connectivity index (χ0n) is 8.35. The zero-order valence-corrected chi connectivity index (χ0v) is 9.98. The van der Waals surface area contributed by atoms with E-state index in [1.165, 1.54) is 11.3 Å². The molecule has 7 heteroatoms. The van der Waals surface area contributed by atoms with Gasteiger partial charge in [0.15, 0.2) is 0 Å². The zero-order chi connectivity index (χ0) is 11.1. The van der Waals surface area contributed by atoms with Crippen molar-refractivity contribution < 1.29 is 8.42 Å². The number of aromatic nitrogens is 1. The molecular weight excluding hydrogens is 234 g/mol. The smallest absolute Gasteiger partial charge is 0.211 e. The molecule has 0 aliphatic rings. The van der Waals surface area contributed by atoms with E-state index in [4.69, 9.17) is 5.73 Å². The standard InChI is InChI=1S/C8H15N3O2S2/c9-3-1-2-4-15(12,13)11-6-8-5-10-7-14-8/h5,7,11H,1-4,6,9H2. The van der Waals surface area contributed by atoms with E-state index in [1.54, 1.807) is 11.7 Å². The first-order valence-electron chi connectivity index (χ1n) is 4.69. The summed E-state index contributed by atoms with van der Waals surface area (Å²) in [5, 5.41) is 0. The Bertz CT molecular complexity index is 361. The van der Waals surface area contributed by atoms with Gasteiger partial charge in [0.1, 0.15) is 0 Å². The molecule has 1 aromatic heterocycles. The van der Waals surface area contributed by atoms with E-state index in [9.17, 15) is 8.42 Å². The summed E-state index contributed by atoms with van der Waals surface area (Å²) >= 11 is 1.43. The van der Waals surface area contributed by atoms with Crippen LogP contribution in [0.25, 0.3) is 0 Å². The molecule has 1 heterocycles. The van der Waals surface area contributed by atoms with Crippen LogP contribution in [0.4, 0.5) is 0 Å². The van der Waals surface area contributed by atoms with Gasteiger partial charge in [0.05, 0.1) is 11.3 Å². The Morgan fingerprint density at radius 2 is 2.27 bits per heavy atom. The highest BCUT2D eigenvalue weighted by molar-refractivity contribution is 7.89. The monoisotopic (exact) mass is 249 g/mol. The van der Waals surface area contributed by atoms with Gasteiger partial charge in [-0.25, -0.2) is 13.1 Å². The van der Waals surface area contributed by atoms with Crippen molar-refractivity contribution in [1.82, 2.24) is 9.71 Å². The van der Waals surface area contributed by atoms with E-state index in [-0.39, 0.29) is 5.75 Å². The largest absolute Gasteiger partial charge is 0.330 e. The number of nitrogens with two attached hydrogens (primary N) is 1. The van der Waals surface area contributed by atoms with Crippen LogP contribution in [-0.4, -0.2) is 25.7 Å². The van der Waals surface area contributed by atoms with E-state index in [0.29, 0.717) is 19.5 Å². The number of thiazole rings is 1. The lowest BCUT2D eigenvalue weighted by molar-refractivity contribution is 0.577. The molecule has 0 radical (unpaired) electrons. The van der Waals surface area contributed by atoms with Crippen LogP contribution in [0.1, 0.15) is 17.7 Å². The van der Waals surface area contributed by atoms with Crippen LogP contribution >= 0.6 is 11.3 Å². The van der Waals surface area contributed by atoms with Crippen molar-refractivity contribution in [2.75, 3.05) is 12.3 Å². The van der Waals surface area contributed by atoms with Crippen molar-refractivity contribution in [3.63, 3.8) is 0 Å². The van der Waals surface area contributed by atoms with E-state index in [0.717, 1.165) is 11.3 Å². The molecule has 0 aliphatic heterocycles. The second-order valence-electron chi connectivity index (χ2n) is 3.10. The number of hydrogen-bond acceptors (Lipinski definition) is 5. The van der Waals surface area contributed by atoms with Gasteiger partial charge in [0, 0.05) is 17.6 Å². The number of rotatable bonds is 7. The molecule has 0 aromatic carbocycles. The van der Waals surface area contributed by atoms with Crippen molar-refractivity contribution in [3.05, 3.63) is 16.6 Å². The fourth-order valence-corrected chi connectivity index (χ4v) is 2.75. The van der Waals surface area contributed by atoms with Crippen molar-refractivity contribution in [2.45, 2.75) is 19.4 Å². The Balaban J connectivity index is 2.30. The highest BCUT2D eigenvalue weighted by Gasteiger charge is 2.09. The van der Waals surface area contributed by atoms with E-state index in [2.05, 4.69) is 9.71 Å². The normalized spacial score (nSPS) is 11.8. The van der Waals surface area contributed by atoms with Crippen LogP contribution in [-0.2, 0) is 16.6 Å². The predicted molar refractivity (Wildman–Crippen MR) is 61.0 cm³/mol. The molecular formula is C8H15N3O2S2. The molecule has 0 bridgehead atoms. The van der Waals surface area contributed by atoms with Gasteiger partial charge in [-0.05, 0) is 19.4 Å². The fourth-order valence-electron chi connectivity index (χ4n) is 1.02. The Morgan fingerprint density at radius 3 is 2.87 bits per heavy atom. The van der Waals surface area contributed by atoms with Crippen LogP contribution in [0.15, 0.2) is 11.7 Å². The quantitative estimate of drug-likeness (QED) is 0.681. The summed E-state index contributed by atoms with van der Waals surface area (Å²) in [5.74, 6) is 0.142. The second-order valence-corrected chi connectivity index (χ2v) is 6.00. The first-order chi connectivity index (χ1) is 7.14. The highest BCUT2D eigenvalue weighted by Crippen LogP contribution is 2.05. The molecule has 15 heavy (non-hydrogen) atoms. The van der Waals surface area contributed by atoms with Crippen molar-refractivity contribution in [3.8, 4) is 0 Å². The van der Waals surface area contributed by atoms with E-state index < -0.39 is 10.0 Å². The van der Waals surface area contributed by atoms with E-state index in [1.807, 2.05) is 0 Å². The van der Waals surface area contributed by atoms with Crippen LogP contribution in [0.3, 0.4) is 0 Å². The van der Waals surface area contributed by atoms with Gasteiger partial charge in [-0.15, -0.1) is 11.3 Å². The Hall–Kier alpha value is -0.500. The maximum atomic E-state index is 11.4. The number of hydrogen-bond donors (Lipinski definition) is 2. The Labute approximate surface area is 93.8 Å². The van der Waals surface area contributed by atoms with Crippen LogP contribution < -0.4 is 10.5 Å². The predicted octanol–water partition coefficient (Wildman–Crippen LogP) is 0.301. The topological polar surface area (TPSA) is 85.1 Å². The lowest BCUT2D eigenvalue weighted by Crippen LogP contribution is -2.25. The average Bonchev–Trinajstić information content (AvgIpc) is 2.68. The number of nitrogens with one attached hydrogen (secondary N) is 1. The van der Waals surface area contributed by atoms with Crippen LogP contribution in [0, 0.1) is 0 Å². The molecule has 0 aliphatic carbocycles. The molecule has 0 amide bonds. The third-order valence-corrected chi connectivity index (χ3v) is 4.01. The molecule has 5 nitrogen and oxygen atoms in total. The summed E-state index contributed by atoms with van der Waals surface area (Å²) in [4.78, 5) is 4.78. The lowest BCUT2D eigenvalue weighted by Gasteiger charge is -2.04. The lowest BCUT2D eigenvalue weighted by atomic mass is 10.3. The molecule has 0 spiro atoms. The molecule has 1 rings (SSSR count). The van der Waals surface area contributed by atoms with Gasteiger partial charge < -0.3 is 5.73 Å². The molecule has 3 N–H and O–H groups in total. The molecule has 1 aromatic rings. The maximum absolute atomic E-state index is 11.4. The third-order valence-electron chi connectivity index (χ3n) is 1.82. The van der Waals surface area contributed by atoms with Gasteiger partial charge in [-0.1, -0.05) is 0 Å². The minimum atomic E-state index is -3.16. The maximum Gasteiger partial charge on any atom is 0.211 e. The van der Waals surface area contributed by atoms with Gasteiger partial charge >= 0.3 is 0 Å². The fraction of sp³-hybridized carbons (Fsp3) is 0.625. The van der Waals surface area contributed by atoms with Crippen molar-refractivity contribution >= 4 is 21.4 Å². The first kappa shape index (κ1) is 12.6. The SMILES string of the molecule is NCCCCS(=O)(=O)NCc1cncs1. The summed E-state index contributed by atoms with van der Waals surface area (Å²) in [6.07, 6.45) is 3.00. The summed E-state index contributed by atoms with van der Waals surface area (Å²) in [6.45, 7) is 0.861. The summed E-state index contributed by atoms with van der Waals surface area (Å²) in [5.41, 5.74) is 6.97. The average molecular weight is 249 g/mol. The van der Waals surface area contributed by atoms with Gasteiger partial charge in [-0.3, -0.25) is 4.98 Å². The number of unbranched alkanes of at least 4 members (excludes halogenated alkanes) is 1. The first-order valence-corrected chi connectivity index (χ1v) is 7.22. The van der Waals surface area contributed by atoms with Gasteiger partial charge in [0.2, 0.25) is 10.0 Å². The van der Waals surface area contributed by atoms with Gasteiger partial charge in [-0.2, -0.15) is 0 Å². The molecule has 0 fully saturated rings. The summed E-state index contributed by atoms with van der Waals surface area (Å²) in [6, 6.07) is 0. The minimum Gasteiger partial charge on any atom is -0.330 e. The molecule has 0 saturated heterocycles. The van der Waals surface area contributed by atoms with Crippen LogP contribution in [0.5, 0.6) is 0 Å². The Kier molecular flexibility index (Phi) is 5.16. The third kappa shape index (κ3) is 5.22. The molecule has 0 atom stereocenters. The summed E-state index contributed by atoms with van der Waals surface area (Å²) in [7, 11) is -3.16. The van der Waals surface area contributed by atoms with E-state index >= 15 is 0 Å². The molecule has 0 saturated carbocycles. The second kappa shape index (κ2) is 6.16. The Morgan fingerprint density at radius 1 is 1.47 bits per heavy atom. The van der Waals surface area contributed by atoms with Crippen molar-refractivity contribution in [2.24, 2.45) is 5.73 Å². The summed E-state index contributed by atoms with van der Waals surface area (Å²) < 4.78 is 25.4. The number of sulfonamides is 1. The minimum absolute atomic E-state index is 0.142. The highest BCUT2D eigenvalue weighted by atomic mass is 32.2. The molecule has 86 valence electrons. The van der Waals surface area contributed by atoms with Crippen molar-refractivity contribution in [1.29, 1.82) is 0 Å². The molecule has 0 unspecified atom stereocenters. The van der Waals surface area contributed by atoms with Crippen LogP contribution in [0.2, 0.25) is 0 Å². The number of nitrogens with zero attached hydrogens (tertiary/aromatic N) is 1.